The number of rotatable bonds is 9. The maximum atomic E-state index is 12.4. The van der Waals surface area contributed by atoms with Crippen molar-refractivity contribution in [2.75, 3.05) is 10.5 Å². The van der Waals surface area contributed by atoms with E-state index in [9.17, 15) is 27.3 Å². The van der Waals surface area contributed by atoms with E-state index in [0.29, 0.717) is 0 Å². The summed E-state index contributed by atoms with van der Waals surface area (Å²) in [7, 11) is -8.50. The Morgan fingerprint density at radius 2 is 1.21 bits per heavy atom. The van der Waals surface area contributed by atoms with E-state index < -0.39 is 37.3 Å². The lowest BCUT2D eigenvalue weighted by Crippen LogP contribution is -2.11. The fourth-order valence-electron chi connectivity index (χ4n) is 2.56. The molecule has 0 saturated heterocycles. The van der Waals surface area contributed by atoms with Crippen molar-refractivity contribution in [1.29, 1.82) is 0 Å². The van der Waals surface area contributed by atoms with Gasteiger partial charge >= 0.3 is 10.1 Å². The Kier molecular flexibility index (Phi) is 7.19. The van der Waals surface area contributed by atoms with Gasteiger partial charge in [-0.3, -0.25) is 14.6 Å². The van der Waals surface area contributed by atoms with Crippen molar-refractivity contribution in [2.45, 2.75) is 16.4 Å². The van der Waals surface area contributed by atoms with Gasteiger partial charge in [-0.1, -0.05) is 12.1 Å². The maximum Gasteiger partial charge on any atom is 0.339 e. The SMILES string of the molecule is O=S(=O)(OCc1cccc(OS(=O)(=O)c2ccc(N([O-])O)cc2)c1)c1ccc(N([O-])O)cc1. The molecule has 3 aromatic rings. The quantitative estimate of drug-likeness (QED) is 0.327. The van der Waals surface area contributed by atoms with Crippen LogP contribution in [0, 0.1) is 10.4 Å². The van der Waals surface area contributed by atoms with Crippen LogP contribution < -0.4 is 14.6 Å². The van der Waals surface area contributed by atoms with Crippen LogP contribution in [0.3, 0.4) is 0 Å². The third-order valence-corrected chi connectivity index (χ3v) is 6.72. The molecule has 0 spiro atoms. The predicted molar refractivity (Wildman–Crippen MR) is 114 cm³/mol. The number of nitrogens with zero attached hydrogens (tertiary/aromatic N) is 2. The molecule has 0 heterocycles. The number of anilines is 2. The highest BCUT2D eigenvalue weighted by Crippen LogP contribution is 2.24. The smallest absolute Gasteiger partial charge is 0.339 e. The second kappa shape index (κ2) is 9.72. The first kappa shape index (κ1) is 24.4. The number of benzene rings is 3. The molecular formula is C19H16N2O10S2-2. The van der Waals surface area contributed by atoms with Crippen molar-refractivity contribution in [1.82, 2.24) is 0 Å². The van der Waals surface area contributed by atoms with Gasteiger partial charge in [-0.05, 0) is 66.2 Å². The fraction of sp³-hybridized carbons (Fsp3) is 0.0526. The molecule has 12 nitrogen and oxygen atoms in total. The van der Waals surface area contributed by atoms with E-state index in [4.69, 9.17) is 18.8 Å². The van der Waals surface area contributed by atoms with E-state index in [1.165, 1.54) is 24.3 Å². The molecule has 0 saturated carbocycles. The molecule has 0 aromatic heterocycles. The first-order valence-corrected chi connectivity index (χ1v) is 11.7. The topological polar surface area (TPSA) is 180 Å². The zero-order valence-electron chi connectivity index (χ0n) is 16.5. The Labute approximate surface area is 188 Å². The number of hydrogen-bond acceptors (Lipinski definition) is 12. The molecule has 0 bridgehead atoms. The molecule has 0 amide bonds. The van der Waals surface area contributed by atoms with Gasteiger partial charge in [0.15, 0.2) is 0 Å². The molecule has 0 unspecified atom stereocenters. The standard InChI is InChI=1S/C19H16N2O10S2/c22-20(23)15-4-8-18(9-5-15)32(26,27)30-13-14-2-1-3-17(12-14)31-33(28,29)19-10-6-16(7-11-19)21(24)25/h1-12,22,24H,13H2/q-2. The zero-order valence-corrected chi connectivity index (χ0v) is 18.1. The maximum absolute atomic E-state index is 12.4. The molecule has 0 radical (unpaired) electrons. The summed E-state index contributed by atoms with van der Waals surface area (Å²) >= 11 is 0. The predicted octanol–water partition coefficient (Wildman–Crippen LogP) is 2.75. The van der Waals surface area contributed by atoms with Crippen LogP contribution >= 0.6 is 0 Å². The second-order valence-corrected chi connectivity index (χ2v) is 9.60. The molecular weight excluding hydrogens is 480 g/mol. The minimum atomic E-state index is -4.28. The molecule has 33 heavy (non-hydrogen) atoms. The normalized spacial score (nSPS) is 11.8. The van der Waals surface area contributed by atoms with E-state index in [-0.39, 0.29) is 32.5 Å². The van der Waals surface area contributed by atoms with Gasteiger partial charge < -0.3 is 25.1 Å². The van der Waals surface area contributed by atoms with E-state index in [2.05, 4.69) is 0 Å². The lowest BCUT2D eigenvalue weighted by Gasteiger charge is -2.21. The van der Waals surface area contributed by atoms with E-state index >= 15 is 0 Å². The molecule has 0 fully saturated rings. The molecule has 3 aromatic carbocycles. The van der Waals surface area contributed by atoms with Crippen LogP contribution in [0.25, 0.3) is 0 Å². The van der Waals surface area contributed by atoms with Crippen LogP contribution in [0.1, 0.15) is 5.56 Å². The first-order valence-electron chi connectivity index (χ1n) is 8.93. The Morgan fingerprint density at radius 3 is 1.70 bits per heavy atom. The minimum Gasteiger partial charge on any atom is -0.733 e. The Morgan fingerprint density at radius 1 is 0.727 bits per heavy atom. The Balaban J connectivity index is 1.70. The summed E-state index contributed by atoms with van der Waals surface area (Å²) in [5, 5.41) is 38.4. The summed E-state index contributed by atoms with van der Waals surface area (Å²) in [5.41, 5.74) is -0.0661. The van der Waals surface area contributed by atoms with Crippen molar-refractivity contribution in [3.63, 3.8) is 0 Å². The van der Waals surface area contributed by atoms with Gasteiger partial charge in [-0.15, -0.1) is 0 Å². The average molecular weight is 496 g/mol. The van der Waals surface area contributed by atoms with Gasteiger partial charge in [0, 0.05) is 0 Å². The van der Waals surface area contributed by atoms with Gasteiger partial charge in [0.2, 0.25) is 0 Å². The third kappa shape index (κ3) is 6.17. The second-order valence-electron chi connectivity index (χ2n) is 6.43. The third-order valence-electron chi connectivity index (χ3n) is 4.18. The largest absolute Gasteiger partial charge is 0.733 e. The van der Waals surface area contributed by atoms with Gasteiger partial charge in [0.1, 0.15) is 10.6 Å². The molecule has 0 atom stereocenters. The summed E-state index contributed by atoms with van der Waals surface area (Å²) in [6, 6.07) is 14.1. The lowest BCUT2D eigenvalue weighted by atomic mass is 10.2. The van der Waals surface area contributed by atoms with Gasteiger partial charge in [-0.2, -0.15) is 16.8 Å². The summed E-state index contributed by atoms with van der Waals surface area (Å²) in [5.74, 6) is -0.118. The first-order chi connectivity index (χ1) is 15.5. The van der Waals surface area contributed by atoms with E-state index in [1.54, 1.807) is 0 Å². The fourth-order valence-corrected chi connectivity index (χ4v) is 4.38. The van der Waals surface area contributed by atoms with Gasteiger partial charge in [0.05, 0.1) is 22.9 Å². The van der Waals surface area contributed by atoms with Crippen LogP contribution in [0.5, 0.6) is 5.75 Å². The van der Waals surface area contributed by atoms with Crippen molar-refractivity contribution < 1.29 is 35.6 Å². The zero-order chi connectivity index (χ0) is 24.2. The van der Waals surface area contributed by atoms with Crippen LogP contribution in [0.15, 0.2) is 82.6 Å². The minimum absolute atomic E-state index is 0.118. The van der Waals surface area contributed by atoms with Gasteiger partial charge in [0.25, 0.3) is 10.1 Å². The molecule has 14 heteroatoms. The van der Waals surface area contributed by atoms with E-state index in [0.717, 1.165) is 48.5 Å². The van der Waals surface area contributed by atoms with Crippen molar-refractivity contribution in [3.8, 4) is 5.75 Å². The Hall–Kier alpha value is -3.24. The highest BCUT2D eigenvalue weighted by Gasteiger charge is 2.18. The summed E-state index contributed by atoms with van der Waals surface area (Å²) < 4.78 is 59.5. The summed E-state index contributed by atoms with van der Waals surface area (Å²) in [6.07, 6.45) is 0. The van der Waals surface area contributed by atoms with E-state index in [1.807, 2.05) is 0 Å². The van der Waals surface area contributed by atoms with Crippen LogP contribution in [-0.4, -0.2) is 27.3 Å². The van der Waals surface area contributed by atoms with Crippen molar-refractivity contribution in [2.24, 2.45) is 0 Å². The monoisotopic (exact) mass is 496 g/mol. The molecule has 176 valence electrons. The highest BCUT2D eigenvalue weighted by molar-refractivity contribution is 7.87. The van der Waals surface area contributed by atoms with Crippen LogP contribution in [0.2, 0.25) is 0 Å². The summed E-state index contributed by atoms with van der Waals surface area (Å²) in [6.45, 7) is -0.445. The van der Waals surface area contributed by atoms with Gasteiger partial charge in [-0.25, -0.2) is 0 Å². The van der Waals surface area contributed by atoms with Crippen LogP contribution in [-0.2, 0) is 31.0 Å². The van der Waals surface area contributed by atoms with Crippen molar-refractivity contribution in [3.05, 3.63) is 88.8 Å². The lowest BCUT2D eigenvalue weighted by molar-refractivity contribution is 0.296. The molecule has 0 aliphatic rings. The molecule has 3 rings (SSSR count). The molecule has 0 aliphatic carbocycles. The summed E-state index contributed by atoms with van der Waals surface area (Å²) in [4.78, 5) is -0.536. The Bertz CT molecular complexity index is 1310. The average Bonchev–Trinajstić information content (AvgIpc) is 2.78. The van der Waals surface area contributed by atoms with Crippen LogP contribution in [0.4, 0.5) is 11.4 Å². The molecule has 0 aliphatic heterocycles. The molecule has 2 N–H and O–H groups in total. The van der Waals surface area contributed by atoms with Crippen molar-refractivity contribution >= 4 is 31.6 Å². The number of hydrogen-bond donors (Lipinski definition) is 2. The highest BCUT2D eigenvalue weighted by atomic mass is 32.2.